The highest BCUT2D eigenvalue weighted by Crippen LogP contribution is 2.06. The molecular weight excluding hydrogens is 241 g/mol. The van der Waals surface area contributed by atoms with Gasteiger partial charge in [-0.25, -0.2) is 4.79 Å². The van der Waals surface area contributed by atoms with Gasteiger partial charge in [-0.05, 0) is 6.92 Å². The van der Waals surface area contributed by atoms with E-state index in [-0.39, 0.29) is 5.97 Å². The molecule has 0 heterocycles. The average molecular weight is 259 g/mol. The van der Waals surface area contributed by atoms with Gasteiger partial charge in [0.25, 0.3) is 0 Å². The summed E-state index contributed by atoms with van der Waals surface area (Å²) >= 11 is 0. The summed E-state index contributed by atoms with van der Waals surface area (Å²) in [7, 11) is 0.151. The molecule has 0 atom stereocenters. The number of quaternary nitrogens is 1. The number of halogens is 4. The van der Waals surface area contributed by atoms with Gasteiger partial charge in [-0.2, -0.15) is 0 Å². The molecule has 102 valence electrons. The second-order valence-corrected chi connectivity index (χ2v) is 4.43. The Morgan fingerprint density at radius 1 is 1.24 bits per heavy atom. The van der Waals surface area contributed by atoms with Gasteiger partial charge >= 0.3 is 13.2 Å². The van der Waals surface area contributed by atoms with Gasteiger partial charge in [0.1, 0.15) is 13.2 Å². The fourth-order valence-corrected chi connectivity index (χ4v) is 0.535. The lowest BCUT2D eigenvalue weighted by molar-refractivity contribution is -0.870. The van der Waals surface area contributed by atoms with E-state index in [9.17, 15) is 22.1 Å². The van der Waals surface area contributed by atoms with E-state index in [1.165, 1.54) is 0 Å². The predicted octanol–water partition coefficient (Wildman–Crippen LogP) is 2.11. The van der Waals surface area contributed by atoms with Crippen molar-refractivity contribution in [2.24, 2.45) is 0 Å². The molecule has 0 bridgehead atoms. The van der Waals surface area contributed by atoms with Crippen LogP contribution < -0.4 is 0 Å². The maximum Gasteiger partial charge on any atom is 0.673 e. The van der Waals surface area contributed by atoms with Crippen molar-refractivity contribution in [3.8, 4) is 0 Å². The van der Waals surface area contributed by atoms with E-state index < -0.39 is 7.25 Å². The molecule has 0 rings (SSSR count). The van der Waals surface area contributed by atoms with Crippen molar-refractivity contribution in [2.75, 3.05) is 34.3 Å². The van der Waals surface area contributed by atoms with Crippen molar-refractivity contribution in [2.45, 2.75) is 6.92 Å². The Morgan fingerprint density at radius 2 is 1.59 bits per heavy atom. The maximum atomic E-state index is 10.9. The lowest BCUT2D eigenvalue weighted by Gasteiger charge is -2.23. The molecule has 0 unspecified atom stereocenters. The summed E-state index contributed by atoms with van der Waals surface area (Å²) in [5, 5.41) is 0. The quantitative estimate of drug-likeness (QED) is 0.254. The molecule has 0 aliphatic heterocycles. The number of nitrogens with zero attached hydrogens (tertiary/aromatic N) is 1. The second-order valence-electron chi connectivity index (χ2n) is 4.43. The number of hydrogen-bond acceptors (Lipinski definition) is 2. The topological polar surface area (TPSA) is 26.3 Å². The zero-order chi connectivity index (χ0) is 14.3. The maximum absolute atomic E-state index is 10.9. The number of rotatable bonds is 4. The van der Waals surface area contributed by atoms with Crippen LogP contribution in [-0.4, -0.2) is 52.0 Å². The molecule has 0 spiro atoms. The molecule has 3 nitrogen and oxygen atoms in total. The van der Waals surface area contributed by atoms with E-state index in [1.807, 2.05) is 0 Å². The van der Waals surface area contributed by atoms with Crippen LogP contribution in [0.4, 0.5) is 17.3 Å². The van der Waals surface area contributed by atoms with Crippen LogP contribution in [0.2, 0.25) is 0 Å². The Morgan fingerprint density at radius 3 is 1.82 bits per heavy atom. The third-order valence-corrected chi connectivity index (χ3v) is 1.34. The van der Waals surface area contributed by atoms with E-state index >= 15 is 0 Å². The molecule has 0 aromatic heterocycles. The number of ether oxygens (including phenoxy) is 1. The first-order valence-electron chi connectivity index (χ1n) is 4.83. The molecule has 0 aliphatic carbocycles. The summed E-state index contributed by atoms with van der Waals surface area (Å²) in [5.41, 5.74) is 0.455. The van der Waals surface area contributed by atoms with E-state index in [1.54, 1.807) is 6.92 Å². The molecule has 0 aromatic rings. The van der Waals surface area contributed by atoms with Crippen molar-refractivity contribution >= 4 is 13.2 Å². The van der Waals surface area contributed by atoms with Gasteiger partial charge in [0, 0.05) is 5.57 Å². The molecule has 0 aliphatic rings. The summed E-state index contributed by atoms with van der Waals surface area (Å²) in [6.45, 7) is 6.41. The van der Waals surface area contributed by atoms with Gasteiger partial charge < -0.3 is 26.5 Å². The Bertz CT molecular complexity index is 255. The molecule has 17 heavy (non-hydrogen) atoms. The first-order valence-corrected chi connectivity index (χ1v) is 4.83. The second kappa shape index (κ2) is 7.31. The largest absolute Gasteiger partial charge is 0.673 e. The summed E-state index contributed by atoms with van der Waals surface area (Å²) in [6, 6.07) is 0. The first kappa shape index (κ1) is 18.3. The molecule has 0 aromatic carbocycles. The molecule has 0 fully saturated rings. The van der Waals surface area contributed by atoms with E-state index in [0.29, 0.717) is 12.2 Å². The van der Waals surface area contributed by atoms with E-state index in [2.05, 4.69) is 27.7 Å². The van der Waals surface area contributed by atoms with Crippen LogP contribution in [0, 0.1) is 0 Å². The summed E-state index contributed by atoms with van der Waals surface area (Å²) in [4.78, 5) is 10.9. The van der Waals surface area contributed by atoms with Gasteiger partial charge in [-0.15, -0.1) is 0 Å². The summed E-state index contributed by atoms with van der Waals surface area (Å²) < 4.78 is 44.7. The van der Waals surface area contributed by atoms with Crippen molar-refractivity contribution in [1.82, 2.24) is 0 Å². The van der Waals surface area contributed by atoms with Crippen molar-refractivity contribution in [3.63, 3.8) is 0 Å². The number of carbonyl (C=O) groups excluding carboxylic acids is 1. The van der Waals surface area contributed by atoms with Gasteiger partial charge in [0.15, 0.2) is 0 Å². The van der Waals surface area contributed by atoms with Crippen LogP contribution in [0.3, 0.4) is 0 Å². The molecule has 0 radical (unpaired) electrons. The normalized spacial score (nSPS) is 11.3. The van der Waals surface area contributed by atoms with Crippen LogP contribution in [0.5, 0.6) is 0 Å². The van der Waals surface area contributed by atoms with E-state index in [4.69, 9.17) is 4.74 Å². The highest BCUT2D eigenvalue weighted by Gasteiger charge is 2.20. The van der Waals surface area contributed by atoms with Crippen LogP contribution in [0.15, 0.2) is 12.2 Å². The minimum Gasteiger partial charge on any atom is -0.456 e. The Kier molecular flexibility index (Phi) is 7.88. The molecule has 0 amide bonds. The minimum absolute atomic E-state index is 0.302. The third-order valence-electron chi connectivity index (χ3n) is 1.34. The zero-order valence-corrected chi connectivity index (χ0v) is 10.5. The lowest BCUT2D eigenvalue weighted by atomic mass is 10.3. The third kappa shape index (κ3) is 25.3. The minimum atomic E-state index is -6.00. The number of esters is 1. The number of likely N-dealkylation sites (N-methyl/N-ethyl adjacent to an activating group) is 1. The lowest BCUT2D eigenvalue weighted by Crippen LogP contribution is -2.38. The van der Waals surface area contributed by atoms with Gasteiger partial charge in [0.2, 0.25) is 0 Å². The predicted molar refractivity (Wildman–Crippen MR) is 58.9 cm³/mol. The fourth-order valence-electron chi connectivity index (χ4n) is 0.535. The molecule has 8 heteroatoms. The molecular formula is C9H18BF4NO2. The highest BCUT2D eigenvalue weighted by atomic mass is 19.5. The van der Waals surface area contributed by atoms with Crippen molar-refractivity contribution < 1.29 is 31.3 Å². The number of carbonyl (C=O) groups is 1. The summed E-state index contributed by atoms with van der Waals surface area (Å²) in [6.07, 6.45) is 0. The Labute approximate surface area is 98.7 Å². The van der Waals surface area contributed by atoms with Crippen LogP contribution >= 0.6 is 0 Å². The van der Waals surface area contributed by atoms with Crippen molar-refractivity contribution in [1.29, 1.82) is 0 Å². The standard InChI is InChI=1S/C9H18NO2.BF4/c1-8(2)9(11)12-7-6-10(3,4)5;2-1(3,4)5/h1,6-7H2,2-5H3;/q+1;-1. The zero-order valence-electron chi connectivity index (χ0n) is 10.5. The number of hydrogen-bond donors (Lipinski definition) is 0. The Balaban J connectivity index is 0. The Hall–Kier alpha value is -1.05. The molecule has 0 saturated heterocycles. The first-order chi connectivity index (χ1) is 7.33. The van der Waals surface area contributed by atoms with Gasteiger partial charge in [0.05, 0.1) is 21.1 Å². The van der Waals surface area contributed by atoms with Crippen LogP contribution in [0.25, 0.3) is 0 Å². The summed E-state index contributed by atoms with van der Waals surface area (Å²) in [5.74, 6) is -0.302. The van der Waals surface area contributed by atoms with E-state index in [0.717, 1.165) is 11.0 Å². The van der Waals surface area contributed by atoms with Crippen LogP contribution in [0.1, 0.15) is 6.92 Å². The average Bonchev–Trinajstić information content (AvgIpc) is 1.97. The van der Waals surface area contributed by atoms with Gasteiger partial charge in [-0.3, -0.25) is 0 Å². The van der Waals surface area contributed by atoms with Gasteiger partial charge in [-0.1, -0.05) is 6.58 Å². The molecule has 0 saturated carbocycles. The monoisotopic (exact) mass is 259 g/mol. The SMILES string of the molecule is C=C(C)C(=O)OCC[N+](C)(C)C.F[B-](F)(F)F. The smallest absolute Gasteiger partial charge is 0.456 e. The molecule has 0 N–H and O–H groups in total. The fraction of sp³-hybridized carbons (Fsp3) is 0.667. The van der Waals surface area contributed by atoms with Crippen LogP contribution in [-0.2, 0) is 9.53 Å². The van der Waals surface area contributed by atoms with Crippen molar-refractivity contribution in [3.05, 3.63) is 12.2 Å². The highest BCUT2D eigenvalue weighted by molar-refractivity contribution is 6.50.